The molecule has 3 nitrogen and oxygen atoms in total. The van der Waals surface area contributed by atoms with Crippen LogP contribution in [-0.2, 0) is 13.0 Å². The van der Waals surface area contributed by atoms with Crippen LogP contribution < -0.4 is 5.73 Å². The van der Waals surface area contributed by atoms with Gasteiger partial charge in [0.05, 0.1) is 11.0 Å². The van der Waals surface area contributed by atoms with E-state index in [9.17, 15) is 0 Å². The average Bonchev–Trinajstić information content (AvgIpc) is 2.95. The highest BCUT2D eigenvalue weighted by molar-refractivity contribution is 5.76. The molecule has 1 aromatic carbocycles. The molecule has 1 aromatic heterocycles. The molecule has 2 N–H and O–H groups in total. The molecule has 0 unspecified atom stereocenters. The fraction of sp³-hybridized carbons (Fsp3) is 0.588. The lowest BCUT2D eigenvalue weighted by Gasteiger charge is -2.23. The first-order chi connectivity index (χ1) is 9.61. The van der Waals surface area contributed by atoms with Crippen LogP contribution in [0.25, 0.3) is 11.0 Å². The number of aryl methyl sites for hydroxylation is 2. The van der Waals surface area contributed by atoms with E-state index in [4.69, 9.17) is 10.7 Å². The standard InChI is InChI=1S/C17H25N3/c1-3-10-20-15-7-6-13(2)11-14(15)19-16(20)12-17(18)8-4-5-9-17/h6-7,11H,3-5,8-10,12,18H2,1-2H3. The molecular weight excluding hydrogens is 246 g/mol. The molecule has 3 heteroatoms. The third-order valence-electron chi connectivity index (χ3n) is 4.54. The molecule has 1 heterocycles. The number of rotatable bonds is 4. The average molecular weight is 271 g/mol. The molecule has 20 heavy (non-hydrogen) atoms. The second-order valence-electron chi connectivity index (χ2n) is 6.42. The molecule has 1 fully saturated rings. The fourth-order valence-corrected chi connectivity index (χ4v) is 3.47. The molecule has 1 aliphatic rings. The SMILES string of the molecule is CCCn1c(CC2(N)CCCC2)nc2cc(C)ccc21. The van der Waals surface area contributed by atoms with Gasteiger partial charge in [0.2, 0.25) is 0 Å². The predicted molar refractivity (Wildman–Crippen MR) is 83.9 cm³/mol. The Morgan fingerprint density at radius 3 is 2.75 bits per heavy atom. The molecule has 0 atom stereocenters. The van der Waals surface area contributed by atoms with Gasteiger partial charge < -0.3 is 10.3 Å². The Morgan fingerprint density at radius 2 is 2.05 bits per heavy atom. The van der Waals surface area contributed by atoms with E-state index in [2.05, 4.69) is 36.6 Å². The topological polar surface area (TPSA) is 43.8 Å². The van der Waals surface area contributed by atoms with Crippen LogP contribution >= 0.6 is 0 Å². The van der Waals surface area contributed by atoms with Crippen molar-refractivity contribution in [2.75, 3.05) is 0 Å². The molecule has 0 radical (unpaired) electrons. The Kier molecular flexibility index (Phi) is 3.55. The summed E-state index contributed by atoms with van der Waals surface area (Å²) in [6, 6.07) is 6.56. The maximum absolute atomic E-state index is 6.55. The number of nitrogens with two attached hydrogens (primary N) is 1. The molecular formula is C17H25N3. The van der Waals surface area contributed by atoms with Gasteiger partial charge in [0.1, 0.15) is 5.82 Å². The predicted octanol–water partition coefficient (Wildman–Crippen LogP) is 3.57. The van der Waals surface area contributed by atoms with E-state index in [0.717, 1.165) is 37.7 Å². The highest BCUT2D eigenvalue weighted by atomic mass is 15.1. The number of hydrogen-bond acceptors (Lipinski definition) is 2. The summed E-state index contributed by atoms with van der Waals surface area (Å²) in [5.74, 6) is 1.18. The first-order valence-electron chi connectivity index (χ1n) is 7.86. The molecule has 0 bridgehead atoms. The number of hydrogen-bond donors (Lipinski definition) is 1. The minimum absolute atomic E-state index is 0.0259. The molecule has 1 saturated carbocycles. The van der Waals surface area contributed by atoms with Gasteiger partial charge in [0.15, 0.2) is 0 Å². The third kappa shape index (κ3) is 2.47. The second-order valence-corrected chi connectivity index (χ2v) is 6.42. The van der Waals surface area contributed by atoms with Gasteiger partial charge in [0, 0.05) is 18.5 Å². The number of imidazole rings is 1. The minimum Gasteiger partial charge on any atom is -0.328 e. The van der Waals surface area contributed by atoms with Gasteiger partial charge >= 0.3 is 0 Å². The Hall–Kier alpha value is -1.35. The van der Waals surface area contributed by atoms with Gasteiger partial charge in [-0.3, -0.25) is 0 Å². The van der Waals surface area contributed by atoms with Crippen molar-refractivity contribution in [3.8, 4) is 0 Å². The van der Waals surface area contributed by atoms with Crippen molar-refractivity contribution in [1.82, 2.24) is 9.55 Å². The van der Waals surface area contributed by atoms with Crippen molar-refractivity contribution < 1.29 is 0 Å². The van der Waals surface area contributed by atoms with E-state index in [1.165, 1.54) is 29.7 Å². The summed E-state index contributed by atoms with van der Waals surface area (Å²) in [6.45, 7) is 5.38. The third-order valence-corrected chi connectivity index (χ3v) is 4.54. The molecule has 1 aliphatic carbocycles. The lowest BCUT2D eigenvalue weighted by atomic mass is 9.94. The Bertz CT molecular complexity index is 606. The summed E-state index contributed by atoms with van der Waals surface area (Å²) in [5, 5.41) is 0. The van der Waals surface area contributed by atoms with Crippen LogP contribution in [0.1, 0.15) is 50.4 Å². The Labute approximate surface area is 121 Å². The summed E-state index contributed by atoms with van der Waals surface area (Å²) in [7, 11) is 0. The normalized spacial score (nSPS) is 17.9. The molecule has 2 aromatic rings. The lowest BCUT2D eigenvalue weighted by molar-refractivity contribution is 0.418. The van der Waals surface area contributed by atoms with Crippen LogP contribution in [0.3, 0.4) is 0 Å². The summed E-state index contributed by atoms with van der Waals surface area (Å²) < 4.78 is 2.38. The molecule has 0 saturated heterocycles. The van der Waals surface area contributed by atoms with Gasteiger partial charge in [-0.2, -0.15) is 0 Å². The number of benzene rings is 1. The van der Waals surface area contributed by atoms with Crippen molar-refractivity contribution in [2.45, 2.75) is 64.5 Å². The summed E-state index contributed by atoms with van der Waals surface area (Å²) in [4.78, 5) is 4.88. The molecule has 0 amide bonds. The van der Waals surface area contributed by atoms with Gasteiger partial charge in [-0.1, -0.05) is 25.8 Å². The Balaban J connectivity index is 2.02. The van der Waals surface area contributed by atoms with Crippen molar-refractivity contribution >= 4 is 11.0 Å². The van der Waals surface area contributed by atoms with Crippen molar-refractivity contribution in [1.29, 1.82) is 0 Å². The number of aromatic nitrogens is 2. The maximum atomic E-state index is 6.55. The van der Waals surface area contributed by atoms with Crippen LogP contribution in [0.5, 0.6) is 0 Å². The van der Waals surface area contributed by atoms with Gasteiger partial charge in [0.25, 0.3) is 0 Å². The monoisotopic (exact) mass is 271 g/mol. The maximum Gasteiger partial charge on any atom is 0.111 e. The second kappa shape index (κ2) is 5.21. The van der Waals surface area contributed by atoms with Crippen LogP contribution in [-0.4, -0.2) is 15.1 Å². The van der Waals surface area contributed by atoms with Gasteiger partial charge in [-0.25, -0.2) is 4.98 Å². The quantitative estimate of drug-likeness (QED) is 0.924. The molecule has 0 spiro atoms. The number of nitrogens with zero attached hydrogens (tertiary/aromatic N) is 2. The van der Waals surface area contributed by atoms with E-state index in [-0.39, 0.29) is 5.54 Å². The molecule has 108 valence electrons. The summed E-state index contributed by atoms with van der Waals surface area (Å²) >= 11 is 0. The van der Waals surface area contributed by atoms with E-state index >= 15 is 0 Å². The van der Waals surface area contributed by atoms with Crippen LogP contribution in [0.15, 0.2) is 18.2 Å². The van der Waals surface area contributed by atoms with E-state index in [1.807, 2.05) is 0 Å². The molecule has 3 rings (SSSR count). The summed E-state index contributed by atoms with van der Waals surface area (Å²) in [5.41, 5.74) is 10.2. The highest BCUT2D eigenvalue weighted by Crippen LogP contribution is 2.31. The van der Waals surface area contributed by atoms with E-state index in [1.54, 1.807) is 0 Å². The first kappa shape index (κ1) is 13.6. The molecule has 0 aliphatic heterocycles. The highest BCUT2D eigenvalue weighted by Gasteiger charge is 2.31. The zero-order valence-corrected chi connectivity index (χ0v) is 12.7. The van der Waals surface area contributed by atoms with Crippen LogP contribution in [0, 0.1) is 6.92 Å². The fourth-order valence-electron chi connectivity index (χ4n) is 3.47. The summed E-state index contributed by atoms with van der Waals surface area (Å²) in [6.07, 6.45) is 6.86. The van der Waals surface area contributed by atoms with Crippen molar-refractivity contribution in [3.05, 3.63) is 29.6 Å². The smallest absolute Gasteiger partial charge is 0.111 e. The van der Waals surface area contributed by atoms with Crippen molar-refractivity contribution in [2.24, 2.45) is 5.73 Å². The van der Waals surface area contributed by atoms with Gasteiger partial charge in [-0.15, -0.1) is 0 Å². The Morgan fingerprint density at radius 1 is 1.30 bits per heavy atom. The van der Waals surface area contributed by atoms with Crippen LogP contribution in [0.2, 0.25) is 0 Å². The van der Waals surface area contributed by atoms with E-state index < -0.39 is 0 Å². The van der Waals surface area contributed by atoms with Crippen LogP contribution in [0.4, 0.5) is 0 Å². The van der Waals surface area contributed by atoms with E-state index in [0.29, 0.717) is 0 Å². The van der Waals surface area contributed by atoms with Crippen molar-refractivity contribution in [3.63, 3.8) is 0 Å². The zero-order valence-electron chi connectivity index (χ0n) is 12.7. The lowest BCUT2D eigenvalue weighted by Crippen LogP contribution is -2.39. The zero-order chi connectivity index (χ0) is 14.2. The first-order valence-corrected chi connectivity index (χ1v) is 7.86. The minimum atomic E-state index is -0.0259. The van der Waals surface area contributed by atoms with Gasteiger partial charge in [-0.05, 0) is 43.9 Å². The number of fused-ring (bicyclic) bond motifs is 1. The largest absolute Gasteiger partial charge is 0.328 e.